The highest BCUT2D eigenvalue weighted by Crippen LogP contribution is 2.32. The SMILES string of the molecule is CN1C(=O)c2ccccc2NC1c1cccc(NC(=O)c2ccc(Cl)cc2)c1. The minimum absolute atomic E-state index is 0.0463. The number of carbonyl (C=O) groups excluding carboxylic acids is 2. The number of fused-ring (bicyclic) bond motifs is 1. The van der Waals surface area contributed by atoms with Gasteiger partial charge in [-0.3, -0.25) is 9.59 Å². The van der Waals surface area contributed by atoms with E-state index < -0.39 is 0 Å². The van der Waals surface area contributed by atoms with Crippen LogP contribution < -0.4 is 10.6 Å². The molecule has 28 heavy (non-hydrogen) atoms. The smallest absolute Gasteiger partial charge is 0.257 e. The fraction of sp³-hybridized carbons (Fsp3) is 0.0909. The number of carbonyl (C=O) groups is 2. The second kappa shape index (κ2) is 7.37. The van der Waals surface area contributed by atoms with Gasteiger partial charge in [0.05, 0.1) is 5.56 Å². The largest absolute Gasteiger partial charge is 0.361 e. The fourth-order valence-electron chi connectivity index (χ4n) is 3.24. The van der Waals surface area contributed by atoms with Gasteiger partial charge in [0.25, 0.3) is 11.8 Å². The Bertz CT molecular complexity index is 1050. The highest BCUT2D eigenvalue weighted by Gasteiger charge is 2.30. The zero-order chi connectivity index (χ0) is 19.7. The molecule has 0 spiro atoms. The van der Waals surface area contributed by atoms with Crippen molar-refractivity contribution in [3.05, 3.63) is 94.5 Å². The second-order valence-corrected chi connectivity index (χ2v) is 7.03. The molecular weight excluding hydrogens is 374 g/mol. The van der Waals surface area contributed by atoms with Crippen molar-refractivity contribution >= 4 is 34.8 Å². The third-order valence-corrected chi connectivity index (χ3v) is 4.98. The Labute approximate surface area is 167 Å². The number of benzene rings is 3. The lowest BCUT2D eigenvalue weighted by Crippen LogP contribution is -2.40. The molecule has 0 saturated carbocycles. The summed E-state index contributed by atoms with van der Waals surface area (Å²) < 4.78 is 0. The molecule has 1 unspecified atom stereocenters. The normalized spacial score (nSPS) is 15.6. The average Bonchev–Trinajstić information content (AvgIpc) is 2.71. The Morgan fingerprint density at radius 3 is 2.57 bits per heavy atom. The number of nitrogens with zero attached hydrogens (tertiary/aromatic N) is 1. The highest BCUT2D eigenvalue weighted by molar-refractivity contribution is 6.30. The van der Waals surface area contributed by atoms with Crippen molar-refractivity contribution in [2.24, 2.45) is 0 Å². The Hall–Kier alpha value is -3.31. The molecule has 1 aliphatic rings. The van der Waals surface area contributed by atoms with Crippen molar-refractivity contribution in [1.82, 2.24) is 4.90 Å². The van der Waals surface area contributed by atoms with Gasteiger partial charge in [0.1, 0.15) is 6.17 Å². The first-order chi connectivity index (χ1) is 13.5. The Kier molecular flexibility index (Phi) is 4.75. The number of anilines is 2. The number of nitrogens with one attached hydrogen (secondary N) is 2. The lowest BCUT2D eigenvalue weighted by atomic mass is 10.0. The van der Waals surface area contributed by atoms with Crippen LogP contribution in [0.15, 0.2) is 72.8 Å². The van der Waals surface area contributed by atoms with Crippen molar-refractivity contribution in [3.8, 4) is 0 Å². The predicted octanol–water partition coefficient (Wildman–Crippen LogP) is 4.79. The maximum atomic E-state index is 12.7. The molecule has 2 amide bonds. The third kappa shape index (κ3) is 3.44. The van der Waals surface area contributed by atoms with E-state index in [4.69, 9.17) is 11.6 Å². The minimum Gasteiger partial charge on any atom is -0.361 e. The quantitative estimate of drug-likeness (QED) is 0.674. The van der Waals surface area contributed by atoms with Crippen molar-refractivity contribution in [1.29, 1.82) is 0 Å². The van der Waals surface area contributed by atoms with E-state index in [1.165, 1.54) is 0 Å². The summed E-state index contributed by atoms with van der Waals surface area (Å²) in [6.45, 7) is 0. The molecule has 1 atom stereocenters. The first-order valence-electron chi connectivity index (χ1n) is 8.82. The summed E-state index contributed by atoms with van der Waals surface area (Å²) in [5, 5.41) is 6.86. The van der Waals surface area contributed by atoms with Gasteiger partial charge in [-0.05, 0) is 54.1 Å². The molecule has 0 bridgehead atoms. The Balaban J connectivity index is 1.58. The van der Waals surface area contributed by atoms with Crippen LogP contribution in [0.1, 0.15) is 32.4 Å². The second-order valence-electron chi connectivity index (χ2n) is 6.59. The summed E-state index contributed by atoms with van der Waals surface area (Å²) in [4.78, 5) is 26.8. The maximum Gasteiger partial charge on any atom is 0.257 e. The molecule has 1 aliphatic heterocycles. The van der Waals surface area contributed by atoms with Crippen LogP contribution in [0.4, 0.5) is 11.4 Å². The Morgan fingerprint density at radius 2 is 1.79 bits per heavy atom. The van der Waals surface area contributed by atoms with Gasteiger partial charge in [0.2, 0.25) is 0 Å². The summed E-state index contributed by atoms with van der Waals surface area (Å²) in [7, 11) is 1.76. The fourth-order valence-corrected chi connectivity index (χ4v) is 3.37. The van der Waals surface area contributed by atoms with Gasteiger partial charge in [-0.2, -0.15) is 0 Å². The van der Waals surface area contributed by atoms with Crippen LogP contribution in [-0.2, 0) is 0 Å². The molecule has 4 rings (SSSR count). The van der Waals surface area contributed by atoms with E-state index in [1.807, 2.05) is 42.5 Å². The lowest BCUT2D eigenvalue weighted by Gasteiger charge is -2.35. The van der Waals surface area contributed by atoms with Gasteiger partial charge in [-0.25, -0.2) is 0 Å². The number of hydrogen-bond acceptors (Lipinski definition) is 3. The molecule has 6 heteroatoms. The van der Waals surface area contributed by atoms with E-state index >= 15 is 0 Å². The molecular formula is C22H18ClN3O2. The summed E-state index contributed by atoms with van der Waals surface area (Å²) in [5.74, 6) is -0.268. The summed E-state index contributed by atoms with van der Waals surface area (Å²) >= 11 is 5.87. The zero-order valence-electron chi connectivity index (χ0n) is 15.1. The van der Waals surface area contributed by atoms with Gasteiger partial charge in [0.15, 0.2) is 0 Å². The van der Waals surface area contributed by atoms with Gasteiger partial charge in [-0.15, -0.1) is 0 Å². The van der Waals surface area contributed by atoms with Gasteiger partial charge >= 0.3 is 0 Å². The van der Waals surface area contributed by atoms with Crippen LogP contribution in [0, 0.1) is 0 Å². The molecule has 5 nitrogen and oxygen atoms in total. The van der Waals surface area contributed by atoms with Gasteiger partial charge < -0.3 is 15.5 Å². The van der Waals surface area contributed by atoms with Crippen LogP contribution in [0.25, 0.3) is 0 Å². The van der Waals surface area contributed by atoms with E-state index in [1.54, 1.807) is 42.3 Å². The average molecular weight is 392 g/mol. The summed E-state index contributed by atoms with van der Waals surface area (Å²) in [6.07, 6.45) is -0.324. The van der Waals surface area contributed by atoms with Crippen LogP contribution in [0.3, 0.4) is 0 Å². The lowest BCUT2D eigenvalue weighted by molar-refractivity contribution is 0.0735. The van der Waals surface area contributed by atoms with Gasteiger partial charge in [0, 0.05) is 29.0 Å². The van der Waals surface area contributed by atoms with Crippen LogP contribution in [-0.4, -0.2) is 23.8 Å². The first kappa shape index (κ1) is 18.1. The van der Waals surface area contributed by atoms with Gasteiger partial charge in [-0.1, -0.05) is 35.9 Å². The topological polar surface area (TPSA) is 61.4 Å². The molecule has 0 aliphatic carbocycles. The highest BCUT2D eigenvalue weighted by atomic mass is 35.5. The van der Waals surface area contributed by atoms with E-state index in [2.05, 4.69) is 10.6 Å². The first-order valence-corrected chi connectivity index (χ1v) is 9.20. The predicted molar refractivity (Wildman–Crippen MR) is 111 cm³/mol. The standard InChI is InChI=1S/C22H18ClN3O2/c1-26-20(25-19-8-3-2-7-18(19)22(26)28)15-5-4-6-17(13-15)24-21(27)14-9-11-16(23)12-10-14/h2-13,20,25H,1H3,(H,24,27). The van der Waals surface area contributed by atoms with Crippen molar-refractivity contribution in [3.63, 3.8) is 0 Å². The molecule has 0 saturated heterocycles. The van der Waals surface area contributed by atoms with Crippen molar-refractivity contribution in [2.75, 3.05) is 17.7 Å². The molecule has 140 valence electrons. The third-order valence-electron chi connectivity index (χ3n) is 4.72. The van der Waals surface area contributed by atoms with E-state index in [0.29, 0.717) is 21.8 Å². The molecule has 0 aromatic heterocycles. The molecule has 0 radical (unpaired) electrons. The van der Waals surface area contributed by atoms with Crippen LogP contribution >= 0.6 is 11.6 Å². The Morgan fingerprint density at radius 1 is 1.04 bits per heavy atom. The zero-order valence-corrected chi connectivity index (χ0v) is 15.9. The molecule has 1 heterocycles. The minimum atomic E-state index is -0.324. The number of hydrogen-bond donors (Lipinski definition) is 2. The maximum absolute atomic E-state index is 12.7. The molecule has 3 aromatic rings. The van der Waals surface area contributed by atoms with Crippen LogP contribution in [0.2, 0.25) is 5.02 Å². The monoisotopic (exact) mass is 391 g/mol. The van der Waals surface area contributed by atoms with Crippen LogP contribution in [0.5, 0.6) is 0 Å². The van der Waals surface area contributed by atoms with E-state index in [-0.39, 0.29) is 18.0 Å². The summed E-state index contributed by atoms with van der Waals surface area (Å²) in [6, 6.07) is 21.6. The van der Waals surface area contributed by atoms with E-state index in [0.717, 1.165) is 11.3 Å². The molecule has 0 fully saturated rings. The molecule has 3 aromatic carbocycles. The molecule has 2 N–H and O–H groups in total. The number of rotatable bonds is 3. The van der Waals surface area contributed by atoms with E-state index in [9.17, 15) is 9.59 Å². The number of halogens is 1. The number of amides is 2. The van der Waals surface area contributed by atoms with Crippen molar-refractivity contribution in [2.45, 2.75) is 6.17 Å². The van der Waals surface area contributed by atoms with Crippen molar-refractivity contribution < 1.29 is 9.59 Å². The summed E-state index contributed by atoms with van der Waals surface area (Å²) in [5.41, 5.74) is 3.49. The number of para-hydroxylation sites is 1.